The van der Waals surface area contributed by atoms with Crippen LogP contribution in [0, 0.1) is 0 Å². The van der Waals surface area contributed by atoms with Crippen LogP contribution in [0.2, 0.25) is 0 Å². The second kappa shape index (κ2) is 5.28. The van der Waals surface area contributed by atoms with Crippen molar-refractivity contribution in [1.82, 2.24) is 5.32 Å². The second-order valence-corrected chi connectivity index (χ2v) is 7.88. The van der Waals surface area contributed by atoms with E-state index in [1.807, 2.05) is 19.1 Å². The lowest BCUT2D eigenvalue weighted by Gasteiger charge is -2.25. The normalized spacial score (nSPS) is 14.4. The Balaban J connectivity index is 2.67. The monoisotopic (exact) mass is 271 g/mol. The molecule has 18 heavy (non-hydrogen) atoms. The molecule has 1 rings (SSSR count). The van der Waals surface area contributed by atoms with E-state index in [0.29, 0.717) is 6.54 Å². The van der Waals surface area contributed by atoms with Crippen LogP contribution in [0.1, 0.15) is 32.4 Å². The van der Waals surface area contributed by atoms with Crippen LogP contribution >= 0.6 is 0 Å². The molecule has 2 N–H and O–H groups in total. The number of benzene rings is 1. The molecular weight excluding hydrogens is 250 g/mol. The summed E-state index contributed by atoms with van der Waals surface area (Å²) in [6, 6.07) is 6.91. The highest BCUT2D eigenvalue weighted by Crippen LogP contribution is 2.19. The maximum absolute atomic E-state index is 11.6. The quantitative estimate of drug-likeness (QED) is 0.858. The second-order valence-electron chi connectivity index (χ2n) is 5.23. The first kappa shape index (κ1) is 15.0. The molecule has 0 aliphatic carbocycles. The third-order valence-electron chi connectivity index (χ3n) is 3.23. The standard InChI is InChI=1S/C13H21NO3S/c1-10(11-5-7-12(15)8-6-11)14-9-13(2,3)18(4,16)17/h5-8,10,14-15H,9H2,1-4H3. The van der Waals surface area contributed by atoms with E-state index in [9.17, 15) is 13.5 Å². The van der Waals surface area contributed by atoms with Gasteiger partial charge in [0.2, 0.25) is 0 Å². The fraction of sp³-hybridized carbons (Fsp3) is 0.538. The molecule has 102 valence electrons. The summed E-state index contributed by atoms with van der Waals surface area (Å²) < 4.78 is 22.4. The van der Waals surface area contributed by atoms with Gasteiger partial charge in [0.1, 0.15) is 5.75 Å². The molecule has 1 aromatic rings. The highest BCUT2D eigenvalue weighted by molar-refractivity contribution is 7.92. The van der Waals surface area contributed by atoms with Gasteiger partial charge in [-0.05, 0) is 38.5 Å². The zero-order chi connectivity index (χ0) is 14.0. The molecular formula is C13H21NO3S. The third kappa shape index (κ3) is 3.71. The van der Waals surface area contributed by atoms with Crippen LogP contribution in [-0.2, 0) is 9.84 Å². The number of hydrogen-bond donors (Lipinski definition) is 2. The zero-order valence-electron chi connectivity index (χ0n) is 11.3. The van der Waals surface area contributed by atoms with E-state index in [1.165, 1.54) is 6.26 Å². The van der Waals surface area contributed by atoms with Crippen molar-refractivity contribution in [2.75, 3.05) is 12.8 Å². The Morgan fingerprint density at radius 1 is 1.28 bits per heavy atom. The van der Waals surface area contributed by atoms with Crippen molar-refractivity contribution in [2.45, 2.75) is 31.6 Å². The molecule has 0 saturated heterocycles. The Hall–Kier alpha value is -1.07. The number of rotatable bonds is 5. The molecule has 0 saturated carbocycles. The van der Waals surface area contributed by atoms with Gasteiger partial charge in [0.05, 0.1) is 4.75 Å². The van der Waals surface area contributed by atoms with Crippen molar-refractivity contribution in [3.8, 4) is 5.75 Å². The van der Waals surface area contributed by atoms with E-state index >= 15 is 0 Å². The number of hydrogen-bond acceptors (Lipinski definition) is 4. The van der Waals surface area contributed by atoms with Crippen LogP contribution in [-0.4, -0.2) is 31.1 Å². The topological polar surface area (TPSA) is 66.4 Å². The Morgan fingerprint density at radius 3 is 2.22 bits per heavy atom. The summed E-state index contributed by atoms with van der Waals surface area (Å²) in [6.45, 7) is 5.76. The molecule has 1 unspecified atom stereocenters. The van der Waals surface area contributed by atoms with Gasteiger partial charge in [-0.3, -0.25) is 0 Å². The maximum Gasteiger partial charge on any atom is 0.153 e. The van der Waals surface area contributed by atoms with Crippen molar-refractivity contribution in [3.63, 3.8) is 0 Å². The Bertz CT molecular complexity index is 491. The minimum atomic E-state index is -3.09. The van der Waals surface area contributed by atoms with E-state index in [-0.39, 0.29) is 11.8 Å². The minimum Gasteiger partial charge on any atom is -0.508 e. The average molecular weight is 271 g/mol. The number of phenolic OH excluding ortho intramolecular Hbond substituents is 1. The van der Waals surface area contributed by atoms with Gasteiger partial charge >= 0.3 is 0 Å². The van der Waals surface area contributed by atoms with Gasteiger partial charge in [0.15, 0.2) is 9.84 Å². The summed E-state index contributed by atoms with van der Waals surface area (Å²) in [6.07, 6.45) is 1.25. The summed E-state index contributed by atoms with van der Waals surface area (Å²) in [5.74, 6) is 0.224. The Morgan fingerprint density at radius 2 is 1.78 bits per heavy atom. The highest BCUT2D eigenvalue weighted by Gasteiger charge is 2.30. The molecule has 0 radical (unpaired) electrons. The molecule has 5 heteroatoms. The van der Waals surface area contributed by atoms with Gasteiger partial charge < -0.3 is 10.4 Å². The van der Waals surface area contributed by atoms with Crippen LogP contribution in [0.3, 0.4) is 0 Å². The van der Waals surface area contributed by atoms with E-state index in [0.717, 1.165) is 5.56 Å². The number of aromatic hydroxyl groups is 1. The van der Waals surface area contributed by atoms with Crippen molar-refractivity contribution < 1.29 is 13.5 Å². The van der Waals surface area contributed by atoms with E-state index in [1.54, 1.807) is 26.0 Å². The van der Waals surface area contributed by atoms with Gasteiger partial charge in [-0.25, -0.2) is 8.42 Å². The van der Waals surface area contributed by atoms with Crippen molar-refractivity contribution in [2.24, 2.45) is 0 Å². The van der Waals surface area contributed by atoms with Crippen LogP contribution in [0.5, 0.6) is 5.75 Å². The van der Waals surface area contributed by atoms with Crippen LogP contribution in [0.25, 0.3) is 0 Å². The fourth-order valence-corrected chi connectivity index (χ4v) is 1.76. The SMILES string of the molecule is CC(NCC(C)(C)S(C)(=O)=O)c1ccc(O)cc1. The molecule has 0 bridgehead atoms. The lowest BCUT2D eigenvalue weighted by atomic mass is 10.1. The Labute approximate surface area is 109 Å². The lowest BCUT2D eigenvalue weighted by Crippen LogP contribution is -2.42. The summed E-state index contributed by atoms with van der Waals surface area (Å²) in [4.78, 5) is 0. The predicted octanol–water partition coefficient (Wildman–Crippen LogP) is 1.87. The first-order valence-electron chi connectivity index (χ1n) is 5.85. The van der Waals surface area contributed by atoms with E-state index in [2.05, 4.69) is 5.32 Å². The molecule has 0 heterocycles. The maximum atomic E-state index is 11.6. The molecule has 0 amide bonds. The largest absolute Gasteiger partial charge is 0.508 e. The van der Waals surface area contributed by atoms with E-state index in [4.69, 9.17) is 0 Å². The summed E-state index contributed by atoms with van der Waals surface area (Å²) in [7, 11) is -3.09. The molecule has 0 fully saturated rings. The highest BCUT2D eigenvalue weighted by atomic mass is 32.2. The first-order valence-corrected chi connectivity index (χ1v) is 7.74. The van der Waals surface area contributed by atoms with Gasteiger partial charge in [0, 0.05) is 18.8 Å². The molecule has 4 nitrogen and oxygen atoms in total. The average Bonchev–Trinajstić information content (AvgIpc) is 2.25. The van der Waals surface area contributed by atoms with Gasteiger partial charge in [0.25, 0.3) is 0 Å². The first-order chi connectivity index (χ1) is 8.13. The number of nitrogens with one attached hydrogen (secondary N) is 1. The Kier molecular flexibility index (Phi) is 4.40. The lowest BCUT2D eigenvalue weighted by molar-refractivity contribution is 0.472. The van der Waals surface area contributed by atoms with Gasteiger partial charge in [-0.15, -0.1) is 0 Å². The van der Waals surface area contributed by atoms with Crippen LogP contribution in [0.15, 0.2) is 24.3 Å². The van der Waals surface area contributed by atoms with Gasteiger partial charge in [-0.2, -0.15) is 0 Å². The van der Waals surface area contributed by atoms with Crippen molar-refractivity contribution in [1.29, 1.82) is 0 Å². The molecule has 0 spiro atoms. The number of sulfone groups is 1. The summed E-state index contributed by atoms with van der Waals surface area (Å²) in [5.41, 5.74) is 1.01. The summed E-state index contributed by atoms with van der Waals surface area (Å²) in [5, 5.41) is 12.4. The molecule has 1 aromatic carbocycles. The fourth-order valence-electron chi connectivity index (χ4n) is 1.41. The zero-order valence-corrected chi connectivity index (χ0v) is 12.1. The molecule has 0 aromatic heterocycles. The van der Waals surface area contributed by atoms with Crippen molar-refractivity contribution >= 4 is 9.84 Å². The number of phenols is 1. The smallest absolute Gasteiger partial charge is 0.153 e. The third-order valence-corrected chi connectivity index (χ3v) is 5.38. The van der Waals surface area contributed by atoms with Crippen LogP contribution < -0.4 is 5.32 Å². The van der Waals surface area contributed by atoms with Crippen molar-refractivity contribution in [3.05, 3.63) is 29.8 Å². The minimum absolute atomic E-state index is 0.0339. The van der Waals surface area contributed by atoms with Crippen LogP contribution in [0.4, 0.5) is 0 Å². The van der Waals surface area contributed by atoms with E-state index < -0.39 is 14.6 Å². The molecule has 0 aliphatic heterocycles. The molecule has 1 atom stereocenters. The summed E-state index contributed by atoms with van der Waals surface area (Å²) >= 11 is 0. The predicted molar refractivity (Wildman–Crippen MR) is 73.4 cm³/mol. The van der Waals surface area contributed by atoms with Gasteiger partial charge in [-0.1, -0.05) is 12.1 Å². The molecule has 0 aliphatic rings.